The van der Waals surface area contributed by atoms with Crippen LogP contribution in [0.3, 0.4) is 0 Å². The first kappa shape index (κ1) is 30.4. The first-order valence-corrected chi connectivity index (χ1v) is 15.2. The molecule has 0 saturated carbocycles. The summed E-state index contributed by atoms with van der Waals surface area (Å²) in [4.78, 5) is 28.5. The molecular weight excluding hydrogens is 578 g/mol. The van der Waals surface area contributed by atoms with Gasteiger partial charge in [-0.25, -0.2) is 8.42 Å². The number of amides is 2. The molecule has 3 aromatic carbocycles. The molecule has 7 nitrogen and oxygen atoms in total. The lowest BCUT2D eigenvalue weighted by molar-refractivity contribution is -0.139. The highest BCUT2D eigenvalue weighted by Crippen LogP contribution is 2.26. The molecule has 0 heterocycles. The van der Waals surface area contributed by atoms with Gasteiger partial charge in [-0.2, -0.15) is 0 Å². The van der Waals surface area contributed by atoms with E-state index in [0.717, 1.165) is 38.3 Å². The molecule has 0 aromatic heterocycles. The summed E-state index contributed by atoms with van der Waals surface area (Å²) in [6.45, 7) is 7.76. The number of nitrogens with one attached hydrogen (secondary N) is 1. The molecule has 0 bridgehead atoms. The van der Waals surface area contributed by atoms with E-state index in [2.05, 4.69) is 21.2 Å². The average Bonchev–Trinajstić information content (AvgIpc) is 2.93. The summed E-state index contributed by atoms with van der Waals surface area (Å²) in [5.41, 5.74) is 3.13. The van der Waals surface area contributed by atoms with Crippen molar-refractivity contribution >= 4 is 43.5 Å². The molecule has 1 unspecified atom stereocenters. The maximum absolute atomic E-state index is 13.9. The molecule has 39 heavy (non-hydrogen) atoms. The van der Waals surface area contributed by atoms with Crippen molar-refractivity contribution in [2.45, 2.75) is 58.0 Å². The zero-order valence-electron chi connectivity index (χ0n) is 22.9. The van der Waals surface area contributed by atoms with Gasteiger partial charge in [0.25, 0.3) is 10.0 Å². The summed E-state index contributed by atoms with van der Waals surface area (Å²) < 4.78 is 29.7. The van der Waals surface area contributed by atoms with Crippen molar-refractivity contribution in [3.8, 4) is 0 Å². The van der Waals surface area contributed by atoms with Crippen LogP contribution in [0.5, 0.6) is 0 Å². The van der Waals surface area contributed by atoms with Crippen molar-refractivity contribution in [2.24, 2.45) is 0 Å². The van der Waals surface area contributed by atoms with Crippen LogP contribution in [0, 0.1) is 13.8 Å². The van der Waals surface area contributed by atoms with Crippen LogP contribution in [0.4, 0.5) is 5.69 Å². The number of carbonyl (C=O) groups is 2. The number of sulfonamides is 1. The van der Waals surface area contributed by atoms with Gasteiger partial charge in [-0.3, -0.25) is 13.9 Å². The number of unbranched alkanes of at least 4 members (excludes halogenated alkanes) is 1. The van der Waals surface area contributed by atoms with E-state index >= 15 is 0 Å². The van der Waals surface area contributed by atoms with Crippen LogP contribution in [-0.2, 0) is 26.2 Å². The Bertz CT molecular complexity index is 1380. The summed E-state index contributed by atoms with van der Waals surface area (Å²) in [5, 5.41) is 2.90. The number of anilines is 1. The minimum atomic E-state index is -4.08. The Kier molecular flexibility index (Phi) is 10.7. The van der Waals surface area contributed by atoms with Gasteiger partial charge in [-0.15, -0.1) is 0 Å². The number of aryl methyl sites for hydroxylation is 2. The van der Waals surface area contributed by atoms with Gasteiger partial charge in [-0.05, 0) is 80.3 Å². The van der Waals surface area contributed by atoms with Crippen molar-refractivity contribution in [3.05, 3.63) is 94.0 Å². The third-order valence-electron chi connectivity index (χ3n) is 6.65. The molecule has 0 saturated heterocycles. The Morgan fingerprint density at radius 1 is 0.949 bits per heavy atom. The van der Waals surface area contributed by atoms with Crippen LogP contribution in [-0.4, -0.2) is 44.3 Å². The fourth-order valence-corrected chi connectivity index (χ4v) is 5.73. The first-order chi connectivity index (χ1) is 18.5. The average molecular weight is 615 g/mol. The molecule has 208 valence electrons. The molecule has 0 aliphatic carbocycles. The van der Waals surface area contributed by atoms with Crippen LogP contribution in [0.25, 0.3) is 0 Å². The highest BCUT2D eigenvalue weighted by molar-refractivity contribution is 9.10. The second kappa shape index (κ2) is 13.8. The van der Waals surface area contributed by atoms with E-state index in [1.807, 2.05) is 51.1 Å². The Hall–Kier alpha value is -3.17. The molecule has 3 rings (SSSR count). The SMILES string of the molecule is CCCCNC(=O)C(C)N(Cc1ccc(Br)cc1)C(=O)CN(c1ccc(C)c(C)c1)S(=O)(=O)c1ccccc1. The molecule has 0 aliphatic rings. The van der Waals surface area contributed by atoms with Gasteiger partial charge in [0.2, 0.25) is 11.8 Å². The van der Waals surface area contributed by atoms with Crippen molar-refractivity contribution in [3.63, 3.8) is 0 Å². The summed E-state index contributed by atoms with van der Waals surface area (Å²) >= 11 is 3.42. The van der Waals surface area contributed by atoms with E-state index in [-0.39, 0.29) is 17.3 Å². The van der Waals surface area contributed by atoms with E-state index in [4.69, 9.17) is 0 Å². The highest BCUT2D eigenvalue weighted by atomic mass is 79.9. The van der Waals surface area contributed by atoms with Gasteiger partial charge in [0.1, 0.15) is 12.6 Å². The summed E-state index contributed by atoms with van der Waals surface area (Å²) in [7, 11) is -4.08. The fourth-order valence-electron chi connectivity index (χ4n) is 4.03. The Balaban J connectivity index is 2.00. The molecule has 0 aliphatic heterocycles. The molecule has 0 radical (unpaired) electrons. The number of hydrogen-bond acceptors (Lipinski definition) is 4. The number of benzene rings is 3. The maximum atomic E-state index is 13.9. The van der Waals surface area contributed by atoms with Crippen LogP contribution >= 0.6 is 15.9 Å². The van der Waals surface area contributed by atoms with E-state index < -0.39 is 28.5 Å². The largest absolute Gasteiger partial charge is 0.354 e. The minimum absolute atomic E-state index is 0.0841. The Labute approximate surface area is 240 Å². The molecular formula is C30H36BrN3O4S. The fraction of sp³-hybridized carbons (Fsp3) is 0.333. The minimum Gasteiger partial charge on any atom is -0.354 e. The van der Waals surface area contributed by atoms with Crippen molar-refractivity contribution in [1.82, 2.24) is 10.2 Å². The second-order valence-corrected chi connectivity index (χ2v) is 12.3. The molecule has 0 fully saturated rings. The van der Waals surface area contributed by atoms with E-state index in [1.165, 1.54) is 17.0 Å². The second-order valence-electron chi connectivity index (χ2n) is 9.56. The smallest absolute Gasteiger partial charge is 0.264 e. The summed E-state index contributed by atoms with van der Waals surface area (Å²) in [6.07, 6.45) is 1.76. The molecule has 1 atom stereocenters. The molecule has 3 aromatic rings. The summed E-state index contributed by atoms with van der Waals surface area (Å²) in [5.74, 6) is -0.758. The van der Waals surface area contributed by atoms with Gasteiger partial charge in [0.15, 0.2) is 0 Å². The summed E-state index contributed by atoms with van der Waals surface area (Å²) in [6, 6.07) is 20.0. The van der Waals surface area contributed by atoms with Gasteiger partial charge >= 0.3 is 0 Å². The van der Waals surface area contributed by atoms with Crippen molar-refractivity contribution in [2.75, 3.05) is 17.4 Å². The number of carbonyl (C=O) groups excluding carboxylic acids is 2. The first-order valence-electron chi connectivity index (χ1n) is 13.0. The predicted octanol–water partition coefficient (Wildman–Crippen LogP) is 5.59. The quantitative estimate of drug-likeness (QED) is 0.270. The van der Waals surface area contributed by atoms with E-state index in [9.17, 15) is 18.0 Å². The lowest BCUT2D eigenvalue weighted by Gasteiger charge is -2.32. The molecule has 1 N–H and O–H groups in total. The molecule has 9 heteroatoms. The topological polar surface area (TPSA) is 86.8 Å². The zero-order valence-corrected chi connectivity index (χ0v) is 25.3. The Morgan fingerprint density at radius 3 is 2.23 bits per heavy atom. The zero-order chi connectivity index (χ0) is 28.6. The molecule has 0 spiro atoms. The van der Waals surface area contributed by atoms with Crippen molar-refractivity contribution < 1.29 is 18.0 Å². The monoisotopic (exact) mass is 613 g/mol. The van der Waals surface area contributed by atoms with Crippen LogP contribution < -0.4 is 9.62 Å². The van der Waals surface area contributed by atoms with Gasteiger partial charge < -0.3 is 10.2 Å². The predicted molar refractivity (Wildman–Crippen MR) is 159 cm³/mol. The normalized spacial score (nSPS) is 12.0. The van der Waals surface area contributed by atoms with E-state index in [1.54, 1.807) is 37.3 Å². The maximum Gasteiger partial charge on any atom is 0.264 e. The Morgan fingerprint density at radius 2 is 1.62 bits per heavy atom. The molecule has 2 amide bonds. The number of rotatable bonds is 12. The lowest BCUT2D eigenvalue weighted by atomic mass is 10.1. The van der Waals surface area contributed by atoms with E-state index in [0.29, 0.717) is 12.2 Å². The van der Waals surface area contributed by atoms with Gasteiger partial charge in [0, 0.05) is 17.6 Å². The third kappa shape index (κ3) is 7.92. The number of hydrogen-bond donors (Lipinski definition) is 1. The third-order valence-corrected chi connectivity index (χ3v) is 8.97. The van der Waals surface area contributed by atoms with Crippen LogP contribution in [0.15, 0.2) is 82.2 Å². The number of halogens is 1. The lowest BCUT2D eigenvalue weighted by Crippen LogP contribution is -2.51. The van der Waals surface area contributed by atoms with Crippen molar-refractivity contribution in [1.29, 1.82) is 0 Å². The van der Waals surface area contributed by atoms with Crippen LogP contribution in [0.2, 0.25) is 0 Å². The number of nitrogens with zero attached hydrogens (tertiary/aromatic N) is 2. The standard InChI is InChI=1S/C30H36BrN3O4S/c1-5-6-18-32-30(36)24(4)33(20-25-13-15-26(31)16-14-25)29(35)21-34(27-17-12-22(2)23(3)19-27)39(37,38)28-10-8-7-9-11-28/h7-17,19,24H,5-6,18,20-21H2,1-4H3,(H,32,36). The van der Waals surface area contributed by atoms with Gasteiger partial charge in [0.05, 0.1) is 10.6 Å². The van der Waals surface area contributed by atoms with Crippen LogP contribution in [0.1, 0.15) is 43.4 Å². The van der Waals surface area contributed by atoms with Gasteiger partial charge in [-0.1, -0.05) is 65.7 Å². The highest BCUT2D eigenvalue weighted by Gasteiger charge is 2.32.